The summed E-state index contributed by atoms with van der Waals surface area (Å²) >= 11 is 0. The van der Waals surface area contributed by atoms with Crippen LogP contribution in [-0.2, 0) is 4.74 Å². The van der Waals surface area contributed by atoms with E-state index in [0.717, 1.165) is 17.1 Å². The normalized spacial score (nSPS) is 11.2. The first kappa shape index (κ1) is 17.3. The zero-order valence-corrected chi connectivity index (χ0v) is 14.5. The van der Waals surface area contributed by atoms with Crippen molar-refractivity contribution >= 4 is 23.0 Å². The monoisotopic (exact) mass is 341 g/mol. The van der Waals surface area contributed by atoms with E-state index < -0.39 is 12.1 Å². The average molecular weight is 341 g/mol. The summed E-state index contributed by atoms with van der Waals surface area (Å²) in [6, 6.07) is 27.4. The summed E-state index contributed by atoms with van der Waals surface area (Å²) in [6.07, 6.45) is 4.71. The molecule has 0 aliphatic heterocycles. The van der Waals surface area contributed by atoms with Crippen LogP contribution < -0.4 is 4.90 Å². The third kappa shape index (κ3) is 3.93. The van der Waals surface area contributed by atoms with Crippen LogP contribution in [-0.4, -0.2) is 12.1 Å². The molecule has 0 amide bonds. The van der Waals surface area contributed by atoms with Gasteiger partial charge in [-0.25, -0.2) is 4.79 Å². The first-order valence-electron chi connectivity index (χ1n) is 8.36. The topological polar surface area (TPSA) is 29.5 Å². The van der Waals surface area contributed by atoms with E-state index in [0.29, 0.717) is 5.56 Å². The van der Waals surface area contributed by atoms with Crippen molar-refractivity contribution in [3.63, 3.8) is 0 Å². The molecule has 0 N–H and O–H groups in total. The maximum atomic E-state index is 12.1. The van der Waals surface area contributed by atoms with Gasteiger partial charge in [-0.2, -0.15) is 0 Å². The molecule has 0 aliphatic carbocycles. The van der Waals surface area contributed by atoms with E-state index in [9.17, 15) is 4.79 Å². The summed E-state index contributed by atoms with van der Waals surface area (Å²) in [5.41, 5.74) is 3.49. The Morgan fingerprint density at radius 2 is 1.31 bits per heavy atom. The van der Waals surface area contributed by atoms with Crippen LogP contribution >= 0.6 is 0 Å². The second-order valence-electron chi connectivity index (χ2n) is 5.77. The molecule has 3 rings (SSSR count). The Morgan fingerprint density at radius 3 is 1.77 bits per heavy atom. The maximum Gasteiger partial charge on any atom is 0.339 e. The fraction of sp³-hybridized carbons (Fsp3) is 0.0870. The Hall–Kier alpha value is -3.51. The van der Waals surface area contributed by atoms with E-state index in [2.05, 4.69) is 10.8 Å². The minimum Gasteiger partial charge on any atom is -0.446 e. The predicted molar refractivity (Wildman–Crippen MR) is 105 cm³/mol. The lowest BCUT2D eigenvalue weighted by Crippen LogP contribution is -2.14. The lowest BCUT2D eigenvalue weighted by Gasteiger charge is -2.25. The van der Waals surface area contributed by atoms with Crippen molar-refractivity contribution in [1.29, 1.82) is 0 Å². The molecule has 3 heteroatoms. The van der Waals surface area contributed by atoms with E-state index in [4.69, 9.17) is 11.2 Å². The quantitative estimate of drug-likeness (QED) is 0.464. The smallest absolute Gasteiger partial charge is 0.339 e. The number of carbonyl (C=O) groups excluding carboxylic acids is 1. The van der Waals surface area contributed by atoms with Gasteiger partial charge in [0, 0.05) is 17.1 Å². The minimum absolute atomic E-state index is 0.423. The van der Waals surface area contributed by atoms with Crippen LogP contribution in [0.25, 0.3) is 0 Å². The van der Waals surface area contributed by atoms with Gasteiger partial charge in [-0.05, 0) is 55.5 Å². The number of ether oxygens (including phenoxy) is 1. The van der Waals surface area contributed by atoms with Crippen LogP contribution in [0, 0.1) is 12.3 Å². The molecular weight excluding hydrogens is 322 g/mol. The summed E-state index contributed by atoms with van der Waals surface area (Å²) < 4.78 is 5.17. The minimum atomic E-state index is -0.549. The number of nitrogens with zero attached hydrogens (tertiary/aromatic N) is 1. The van der Waals surface area contributed by atoms with E-state index in [1.54, 1.807) is 19.1 Å². The van der Waals surface area contributed by atoms with Crippen molar-refractivity contribution < 1.29 is 9.53 Å². The second kappa shape index (κ2) is 8.04. The number of esters is 1. The summed E-state index contributed by atoms with van der Waals surface area (Å²) in [4.78, 5) is 14.2. The predicted octanol–water partition coefficient (Wildman–Crippen LogP) is 5.33. The summed E-state index contributed by atoms with van der Waals surface area (Å²) in [5.74, 6) is 1.96. The van der Waals surface area contributed by atoms with Crippen LogP contribution in [0.1, 0.15) is 17.3 Å². The molecule has 0 unspecified atom stereocenters. The number of terminal acetylenes is 1. The highest BCUT2D eigenvalue weighted by Gasteiger charge is 2.14. The fourth-order valence-electron chi connectivity index (χ4n) is 2.61. The van der Waals surface area contributed by atoms with Gasteiger partial charge in [0.05, 0.1) is 5.56 Å². The van der Waals surface area contributed by atoms with Crippen LogP contribution in [0.15, 0.2) is 84.9 Å². The van der Waals surface area contributed by atoms with Gasteiger partial charge in [0.25, 0.3) is 0 Å². The van der Waals surface area contributed by atoms with E-state index in [1.165, 1.54) is 0 Å². The summed E-state index contributed by atoms with van der Waals surface area (Å²) in [7, 11) is 0. The first-order valence-corrected chi connectivity index (χ1v) is 8.36. The Labute approximate surface area is 153 Å². The van der Waals surface area contributed by atoms with E-state index in [1.807, 2.05) is 72.8 Å². The van der Waals surface area contributed by atoms with Gasteiger partial charge >= 0.3 is 5.97 Å². The third-order valence-electron chi connectivity index (χ3n) is 3.91. The fourth-order valence-corrected chi connectivity index (χ4v) is 2.61. The van der Waals surface area contributed by atoms with Gasteiger partial charge < -0.3 is 9.64 Å². The summed E-state index contributed by atoms with van der Waals surface area (Å²) in [5, 5.41) is 0. The van der Waals surface area contributed by atoms with Crippen LogP contribution in [0.5, 0.6) is 0 Å². The van der Waals surface area contributed by atoms with Gasteiger partial charge in [-0.15, -0.1) is 6.42 Å². The van der Waals surface area contributed by atoms with Crippen LogP contribution in [0.4, 0.5) is 17.1 Å². The third-order valence-corrected chi connectivity index (χ3v) is 3.91. The Bertz CT molecular complexity index is 857. The van der Waals surface area contributed by atoms with Crippen molar-refractivity contribution in [1.82, 2.24) is 0 Å². The Morgan fingerprint density at radius 1 is 0.846 bits per heavy atom. The van der Waals surface area contributed by atoms with Crippen molar-refractivity contribution in [2.45, 2.75) is 13.0 Å². The SMILES string of the molecule is C#C[C@H](C)OC(=O)c1ccc(N(c2ccccc2)c2ccccc2)cc1. The lowest BCUT2D eigenvalue weighted by molar-refractivity contribution is 0.0439. The molecule has 3 aromatic rings. The number of hydrogen-bond acceptors (Lipinski definition) is 3. The average Bonchev–Trinajstić information content (AvgIpc) is 2.70. The zero-order valence-electron chi connectivity index (χ0n) is 14.5. The maximum absolute atomic E-state index is 12.1. The molecule has 0 heterocycles. The van der Waals surface area contributed by atoms with Crippen molar-refractivity contribution in [2.75, 3.05) is 4.90 Å². The van der Waals surface area contributed by atoms with Crippen molar-refractivity contribution in [2.24, 2.45) is 0 Å². The molecule has 128 valence electrons. The Balaban J connectivity index is 1.93. The zero-order chi connectivity index (χ0) is 18.4. The molecule has 0 aromatic heterocycles. The number of anilines is 3. The molecule has 3 nitrogen and oxygen atoms in total. The first-order chi connectivity index (χ1) is 12.7. The molecule has 0 spiro atoms. The van der Waals surface area contributed by atoms with Gasteiger partial charge in [0.2, 0.25) is 0 Å². The molecule has 0 aliphatic rings. The molecule has 0 saturated heterocycles. The van der Waals surface area contributed by atoms with Gasteiger partial charge in [0.1, 0.15) is 0 Å². The molecule has 0 bridgehead atoms. The molecule has 1 atom stereocenters. The van der Waals surface area contributed by atoms with Crippen molar-refractivity contribution in [3.8, 4) is 12.3 Å². The van der Waals surface area contributed by atoms with Crippen LogP contribution in [0.3, 0.4) is 0 Å². The van der Waals surface area contributed by atoms with E-state index in [-0.39, 0.29) is 0 Å². The van der Waals surface area contributed by atoms with Gasteiger partial charge in [0.15, 0.2) is 6.10 Å². The number of carbonyl (C=O) groups is 1. The Kier molecular flexibility index (Phi) is 5.36. The molecule has 3 aromatic carbocycles. The number of hydrogen-bond donors (Lipinski definition) is 0. The highest BCUT2D eigenvalue weighted by molar-refractivity contribution is 5.90. The van der Waals surface area contributed by atoms with Crippen LogP contribution in [0.2, 0.25) is 0 Å². The molecule has 0 fully saturated rings. The highest BCUT2D eigenvalue weighted by Crippen LogP contribution is 2.34. The largest absolute Gasteiger partial charge is 0.446 e. The highest BCUT2D eigenvalue weighted by atomic mass is 16.5. The molecular formula is C23H19NO2. The standard InChI is InChI=1S/C23H19NO2/c1-3-18(2)26-23(25)19-14-16-22(17-15-19)24(20-10-6-4-7-11-20)21-12-8-5-9-13-21/h1,4-18H,2H3/t18-/m0/s1. The molecule has 0 saturated carbocycles. The van der Waals surface area contributed by atoms with Crippen molar-refractivity contribution in [3.05, 3.63) is 90.5 Å². The van der Waals surface area contributed by atoms with E-state index >= 15 is 0 Å². The second-order valence-corrected chi connectivity index (χ2v) is 5.77. The van der Waals surface area contributed by atoms with Gasteiger partial charge in [-0.1, -0.05) is 42.3 Å². The summed E-state index contributed by atoms with van der Waals surface area (Å²) in [6.45, 7) is 1.67. The number of benzene rings is 3. The molecule has 0 radical (unpaired) electrons. The number of rotatable bonds is 5. The lowest BCUT2D eigenvalue weighted by atomic mass is 10.1. The molecule has 26 heavy (non-hydrogen) atoms. The van der Waals surface area contributed by atoms with Gasteiger partial charge in [-0.3, -0.25) is 0 Å². The number of para-hydroxylation sites is 2.